The first-order valence-electron chi connectivity index (χ1n) is 4.90. The van der Waals surface area contributed by atoms with Crippen LogP contribution < -0.4 is 5.32 Å². The Morgan fingerprint density at radius 3 is 2.93 bits per heavy atom. The van der Waals surface area contributed by atoms with Crippen molar-refractivity contribution in [2.75, 3.05) is 11.9 Å². The molecule has 0 saturated carbocycles. The van der Waals surface area contributed by atoms with Gasteiger partial charge in [0.05, 0.1) is 17.8 Å². The molecule has 0 radical (unpaired) electrons. The summed E-state index contributed by atoms with van der Waals surface area (Å²) in [5.41, 5.74) is 2.28. The van der Waals surface area contributed by atoms with Crippen LogP contribution in [0.2, 0.25) is 0 Å². The molecule has 2 rings (SSSR count). The summed E-state index contributed by atoms with van der Waals surface area (Å²) in [6, 6.07) is 2.88. The van der Waals surface area contributed by atoms with Gasteiger partial charge in [0.25, 0.3) is 0 Å². The summed E-state index contributed by atoms with van der Waals surface area (Å²) in [6.07, 6.45) is 1.70. The number of aliphatic hydroxyl groups excluding tert-OH is 1. The van der Waals surface area contributed by atoms with Crippen LogP contribution in [-0.2, 0) is 6.61 Å². The molecule has 0 atom stereocenters. The molecule has 0 aliphatic rings. The number of benzene rings is 1. The molecule has 0 fully saturated rings. The Kier molecular flexibility index (Phi) is 2.60. The molecular formula is C11H13FN2O. The molecule has 2 aromatic rings. The van der Waals surface area contributed by atoms with Gasteiger partial charge in [-0.2, -0.15) is 0 Å². The van der Waals surface area contributed by atoms with Crippen molar-refractivity contribution < 1.29 is 9.50 Å². The third-order valence-corrected chi connectivity index (χ3v) is 2.38. The number of fused-ring (bicyclic) bond motifs is 1. The van der Waals surface area contributed by atoms with Crippen molar-refractivity contribution in [1.82, 2.24) is 4.98 Å². The molecule has 0 saturated heterocycles. The lowest BCUT2D eigenvalue weighted by Gasteiger charge is -2.05. The molecule has 0 aliphatic heterocycles. The van der Waals surface area contributed by atoms with Gasteiger partial charge < -0.3 is 15.4 Å². The predicted molar refractivity (Wildman–Crippen MR) is 58.3 cm³/mol. The summed E-state index contributed by atoms with van der Waals surface area (Å²) in [6.45, 7) is 2.59. The quantitative estimate of drug-likeness (QED) is 0.724. The second-order valence-corrected chi connectivity index (χ2v) is 3.38. The van der Waals surface area contributed by atoms with E-state index in [1.807, 2.05) is 6.92 Å². The minimum absolute atomic E-state index is 0.0883. The Hall–Kier alpha value is -1.55. The Morgan fingerprint density at radius 1 is 1.47 bits per heavy atom. The molecule has 0 unspecified atom stereocenters. The van der Waals surface area contributed by atoms with E-state index in [2.05, 4.69) is 10.3 Å². The van der Waals surface area contributed by atoms with E-state index in [4.69, 9.17) is 5.11 Å². The van der Waals surface area contributed by atoms with E-state index in [9.17, 15) is 4.39 Å². The average Bonchev–Trinajstić information content (AvgIpc) is 2.61. The van der Waals surface area contributed by atoms with Crippen LogP contribution in [0.5, 0.6) is 0 Å². The highest BCUT2D eigenvalue weighted by molar-refractivity contribution is 5.93. The van der Waals surface area contributed by atoms with Crippen molar-refractivity contribution in [3.05, 3.63) is 29.7 Å². The van der Waals surface area contributed by atoms with Gasteiger partial charge in [-0.05, 0) is 19.1 Å². The zero-order valence-corrected chi connectivity index (χ0v) is 8.47. The van der Waals surface area contributed by atoms with E-state index < -0.39 is 0 Å². The fourth-order valence-electron chi connectivity index (χ4n) is 1.71. The van der Waals surface area contributed by atoms with Crippen molar-refractivity contribution in [1.29, 1.82) is 0 Å². The van der Waals surface area contributed by atoms with Crippen molar-refractivity contribution in [3.63, 3.8) is 0 Å². The maximum Gasteiger partial charge on any atom is 0.126 e. The van der Waals surface area contributed by atoms with Gasteiger partial charge in [0.2, 0.25) is 0 Å². The number of aromatic nitrogens is 1. The van der Waals surface area contributed by atoms with Gasteiger partial charge in [-0.25, -0.2) is 4.39 Å². The molecule has 1 aromatic carbocycles. The number of aliphatic hydroxyl groups is 1. The van der Waals surface area contributed by atoms with Crippen molar-refractivity contribution >= 4 is 16.6 Å². The van der Waals surface area contributed by atoms with Crippen molar-refractivity contribution in [3.8, 4) is 0 Å². The fraction of sp³-hybridized carbons (Fsp3) is 0.273. The second-order valence-electron chi connectivity index (χ2n) is 3.38. The van der Waals surface area contributed by atoms with Gasteiger partial charge in [-0.1, -0.05) is 0 Å². The minimum Gasteiger partial charge on any atom is -0.392 e. The summed E-state index contributed by atoms with van der Waals surface area (Å²) in [5, 5.41) is 12.9. The van der Waals surface area contributed by atoms with Gasteiger partial charge in [0.1, 0.15) is 5.82 Å². The zero-order chi connectivity index (χ0) is 10.8. The first-order valence-corrected chi connectivity index (χ1v) is 4.90. The maximum atomic E-state index is 13.3. The standard InChI is InChI=1S/C11H13FN2O/c1-2-13-10-4-8(12)3-9-7(6-15)5-14-11(9)10/h3-5,13-15H,2,6H2,1H3. The number of hydrogen-bond donors (Lipinski definition) is 3. The third kappa shape index (κ3) is 1.68. The predicted octanol–water partition coefficient (Wildman–Crippen LogP) is 2.23. The van der Waals surface area contributed by atoms with Crippen LogP contribution in [0.4, 0.5) is 10.1 Å². The molecular weight excluding hydrogens is 195 g/mol. The monoisotopic (exact) mass is 208 g/mol. The third-order valence-electron chi connectivity index (χ3n) is 2.38. The van der Waals surface area contributed by atoms with Gasteiger partial charge in [-0.15, -0.1) is 0 Å². The SMILES string of the molecule is CCNc1cc(F)cc2c(CO)c[nH]c12. The lowest BCUT2D eigenvalue weighted by atomic mass is 10.1. The van der Waals surface area contributed by atoms with E-state index in [0.29, 0.717) is 5.56 Å². The van der Waals surface area contributed by atoms with Crippen LogP contribution in [0.25, 0.3) is 10.9 Å². The molecule has 1 heterocycles. The first kappa shape index (κ1) is 9.98. The topological polar surface area (TPSA) is 48.0 Å². The molecule has 0 spiro atoms. The van der Waals surface area contributed by atoms with Gasteiger partial charge >= 0.3 is 0 Å². The van der Waals surface area contributed by atoms with Crippen LogP contribution in [0.15, 0.2) is 18.3 Å². The van der Waals surface area contributed by atoms with Gasteiger partial charge in [0, 0.05) is 23.7 Å². The number of nitrogens with one attached hydrogen (secondary N) is 2. The lowest BCUT2D eigenvalue weighted by Crippen LogP contribution is -1.98. The Labute approximate surface area is 86.9 Å². The summed E-state index contributed by atoms with van der Waals surface area (Å²) >= 11 is 0. The Balaban J connectivity index is 2.65. The number of aromatic amines is 1. The molecule has 0 bridgehead atoms. The molecule has 0 amide bonds. The number of hydrogen-bond acceptors (Lipinski definition) is 2. The highest BCUT2D eigenvalue weighted by Gasteiger charge is 2.08. The molecule has 4 heteroatoms. The van der Waals surface area contributed by atoms with E-state index in [1.54, 1.807) is 6.20 Å². The molecule has 3 nitrogen and oxygen atoms in total. The molecule has 80 valence electrons. The minimum atomic E-state index is -0.298. The van der Waals surface area contributed by atoms with E-state index in [0.717, 1.165) is 23.1 Å². The summed E-state index contributed by atoms with van der Waals surface area (Å²) < 4.78 is 13.3. The fourth-order valence-corrected chi connectivity index (χ4v) is 1.71. The maximum absolute atomic E-state index is 13.3. The van der Waals surface area contributed by atoms with E-state index in [1.165, 1.54) is 12.1 Å². The highest BCUT2D eigenvalue weighted by atomic mass is 19.1. The number of H-pyrrole nitrogens is 1. The molecule has 0 aliphatic carbocycles. The van der Waals surface area contributed by atoms with Crippen LogP contribution in [0.3, 0.4) is 0 Å². The number of anilines is 1. The van der Waals surface area contributed by atoms with Crippen LogP contribution in [0, 0.1) is 5.82 Å². The highest BCUT2D eigenvalue weighted by Crippen LogP contribution is 2.26. The van der Waals surface area contributed by atoms with E-state index in [-0.39, 0.29) is 12.4 Å². The van der Waals surface area contributed by atoms with Crippen LogP contribution >= 0.6 is 0 Å². The Bertz CT molecular complexity index is 479. The summed E-state index contributed by atoms with van der Waals surface area (Å²) in [7, 11) is 0. The smallest absolute Gasteiger partial charge is 0.126 e. The average molecular weight is 208 g/mol. The summed E-state index contributed by atoms with van der Waals surface area (Å²) in [4.78, 5) is 3.03. The number of halogens is 1. The largest absolute Gasteiger partial charge is 0.392 e. The van der Waals surface area contributed by atoms with E-state index >= 15 is 0 Å². The van der Waals surface area contributed by atoms with Crippen molar-refractivity contribution in [2.45, 2.75) is 13.5 Å². The lowest BCUT2D eigenvalue weighted by molar-refractivity contribution is 0.283. The first-order chi connectivity index (χ1) is 7.26. The molecule has 1 aromatic heterocycles. The number of rotatable bonds is 3. The Morgan fingerprint density at radius 2 is 2.27 bits per heavy atom. The van der Waals surface area contributed by atoms with Crippen LogP contribution in [-0.4, -0.2) is 16.6 Å². The molecule has 15 heavy (non-hydrogen) atoms. The second kappa shape index (κ2) is 3.90. The summed E-state index contributed by atoms with van der Waals surface area (Å²) in [5.74, 6) is -0.298. The zero-order valence-electron chi connectivity index (χ0n) is 8.47. The normalized spacial score (nSPS) is 10.9. The van der Waals surface area contributed by atoms with Crippen LogP contribution in [0.1, 0.15) is 12.5 Å². The van der Waals surface area contributed by atoms with Gasteiger partial charge in [-0.3, -0.25) is 0 Å². The van der Waals surface area contributed by atoms with Crippen molar-refractivity contribution in [2.24, 2.45) is 0 Å². The molecule has 3 N–H and O–H groups in total. The van der Waals surface area contributed by atoms with Gasteiger partial charge in [0.15, 0.2) is 0 Å².